The fraction of sp³-hybridized carbons (Fsp3) is 0.0769. The lowest BCUT2D eigenvalue weighted by molar-refractivity contribution is 0.872. The van der Waals surface area contributed by atoms with Crippen molar-refractivity contribution in [2.75, 3.05) is 0 Å². The highest BCUT2D eigenvalue weighted by Crippen LogP contribution is 2.38. The summed E-state index contributed by atoms with van der Waals surface area (Å²) >= 11 is 3.33. The molecule has 4 heterocycles. The molecule has 6 aromatic rings. The molecule has 4 aromatic carbocycles. The molecule has 0 saturated carbocycles. The number of allylic oxidation sites excluding steroid dienone is 2. The first-order chi connectivity index (χ1) is 15.8. The molecular formula is C26H14N4S2. The Labute approximate surface area is 190 Å². The van der Waals surface area contributed by atoms with Crippen molar-refractivity contribution in [2.45, 2.75) is 12.8 Å². The Hall–Kier alpha value is -3.35. The van der Waals surface area contributed by atoms with Crippen molar-refractivity contribution in [1.82, 2.24) is 9.97 Å². The van der Waals surface area contributed by atoms with Crippen molar-refractivity contribution in [3.8, 4) is 0 Å². The Bertz CT molecular complexity index is 1820. The van der Waals surface area contributed by atoms with Crippen LogP contribution in [0.25, 0.3) is 54.4 Å². The predicted octanol–water partition coefficient (Wildman–Crippen LogP) is 6.20. The monoisotopic (exact) mass is 446 g/mol. The molecule has 6 heteroatoms. The molecular weight excluding hydrogens is 432 g/mol. The third-order valence-corrected chi connectivity index (χ3v) is 8.03. The van der Waals surface area contributed by atoms with Gasteiger partial charge < -0.3 is 0 Å². The van der Waals surface area contributed by atoms with Crippen LogP contribution in [-0.2, 0) is 0 Å². The zero-order valence-corrected chi connectivity index (χ0v) is 18.4. The number of nitrogens with zero attached hydrogens (tertiary/aromatic N) is 4. The van der Waals surface area contributed by atoms with Gasteiger partial charge in [-0.3, -0.25) is 0 Å². The van der Waals surface area contributed by atoms with Crippen LogP contribution >= 0.6 is 23.1 Å². The minimum Gasteiger partial charge on any atom is -0.250 e. The SMILES string of the molecule is C1=C2CCC(=CS1)N=c1c(c3cccc4c5nc6cscc6nc5c5cccc1c5c34)=N2. The maximum absolute atomic E-state index is 5.17. The van der Waals surface area contributed by atoms with E-state index in [0.29, 0.717) is 0 Å². The van der Waals surface area contributed by atoms with Gasteiger partial charge in [-0.15, -0.1) is 23.1 Å². The summed E-state index contributed by atoms with van der Waals surface area (Å²) in [6.07, 6.45) is 1.84. The summed E-state index contributed by atoms with van der Waals surface area (Å²) in [6, 6.07) is 12.9. The Kier molecular flexibility index (Phi) is 3.30. The number of thioether (sulfide) groups is 1. The Morgan fingerprint density at radius 3 is 1.66 bits per heavy atom. The average Bonchev–Trinajstić information content (AvgIpc) is 3.20. The van der Waals surface area contributed by atoms with Crippen molar-refractivity contribution < 1.29 is 0 Å². The standard InChI is InChI=1S/C26H14N4S2/c1-3-15-21-17(5-1)25-26(30-20-12-32-11-19(20)29-25)18-6-2-4-16(22(18)21)24-23(15)27-13-7-8-14(28-24)10-31-9-13/h1-6,9-12H,7-8H2. The van der Waals surface area contributed by atoms with Gasteiger partial charge >= 0.3 is 0 Å². The predicted molar refractivity (Wildman–Crippen MR) is 134 cm³/mol. The number of fused-ring (bicyclic) bond motifs is 10. The van der Waals surface area contributed by atoms with E-state index < -0.39 is 0 Å². The van der Waals surface area contributed by atoms with E-state index in [1.54, 1.807) is 23.1 Å². The third-order valence-electron chi connectivity index (χ3n) is 6.49. The molecule has 2 bridgehead atoms. The molecule has 0 fully saturated rings. The van der Waals surface area contributed by atoms with E-state index in [2.05, 4.69) is 58.0 Å². The lowest BCUT2D eigenvalue weighted by atomic mass is 9.91. The van der Waals surface area contributed by atoms with Gasteiger partial charge in [-0.25, -0.2) is 20.0 Å². The summed E-state index contributed by atoms with van der Waals surface area (Å²) in [6.45, 7) is 0. The molecule has 150 valence electrons. The second kappa shape index (κ2) is 6.12. The van der Waals surface area contributed by atoms with Crippen molar-refractivity contribution in [1.29, 1.82) is 0 Å². The zero-order valence-electron chi connectivity index (χ0n) is 16.8. The van der Waals surface area contributed by atoms with Crippen LogP contribution in [0.5, 0.6) is 0 Å². The largest absolute Gasteiger partial charge is 0.250 e. The summed E-state index contributed by atoms with van der Waals surface area (Å²) < 4.78 is 0. The van der Waals surface area contributed by atoms with Crippen molar-refractivity contribution in [2.24, 2.45) is 9.98 Å². The van der Waals surface area contributed by atoms with Gasteiger partial charge in [0.15, 0.2) is 0 Å². The lowest BCUT2D eigenvalue weighted by Crippen LogP contribution is -2.29. The lowest BCUT2D eigenvalue weighted by Gasteiger charge is -2.15. The molecule has 32 heavy (non-hydrogen) atoms. The summed E-state index contributed by atoms with van der Waals surface area (Å²) in [5.74, 6) is 0. The van der Waals surface area contributed by atoms with E-state index in [4.69, 9.17) is 20.0 Å². The number of rotatable bonds is 0. The van der Waals surface area contributed by atoms with E-state index in [9.17, 15) is 0 Å². The number of hydrogen-bond donors (Lipinski definition) is 0. The van der Waals surface area contributed by atoms with Crippen molar-refractivity contribution >= 4 is 77.5 Å². The molecule has 4 nitrogen and oxygen atoms in total. The third kappa shape index (κ3) is 2.18. The van der Waals surface area contributed by atoms with E-state index in [-0.39, 0.29) is 0 Å². The van der Waals surface area contributed by atoms with Gasteiger partial charge in [0.1, 0.15) is 11.0 Å². The highest BCUT2D eigenvalue weighted by atomic mass is 32.2. The molecule has 0 amide bonds. The topological polar surface area (TPSA) is 50.5 Å². The molecule has 2 aliphatic rings. The second-order valence-electron chi connectivity index (χ2n) is 8.29. The fourth-order valence-corrected chi connectivity index (χ4v) is 6.50. The van der Waals surface area contributed by atoms with E-state index in [1.807, 2.05) is 0 Å². The summed E-state index contributed by atoms with van der Waals surface area (Å²) in [5, 5.41) is 17.4. The molecule has 0 spiro atoms. The van der Waals surface area contributed by atoms with Gasteiger partial charge in [-0.2, -0.15) is 0 Å². The highest BCUT2D eigenvalue weighted by Gasteiger charge is 2.20. The molecule has 0 aliphatic carbocycles. The quantitative estimate of drug-likeness (QED) is 0.206. The smallest absolute Gasteiger partial charge is 0.100 e. The van der Waals surface area contributed by atoms with E-state index in [1.165, 1.54) is 10.8 Å². The van der Waals surface area contributed by atoms with Gasteiger partial charge in [0.25, 0.3) is 0 Å². The summed E-state index contributed by atoms with van der Waals surface area (Å²) in [7, 11) is 0. The number of aromatic nitrogens is 2. The molecule has 0 N–H and O–H groups in total. The Morgan fingerprint density at radius 2 is 1.12 bits per heavy atom. The molecule has 0 unspecified atom stereocenters. The zero-order chi connectivity index (χ0) is 20.8. The average molecular weight is 447 g/mol. The van der Waals surface area contributed by atoms with Crippen LogP contribution in [0.1, 0.15) is 12.8 Å². The Morgan fingerprint density at radius 1 is 0.625 bits per heavy atom. The van der Waals surface area contributed by atoms with Crippen molar-refractivity contribution in [3.05, 3.63) is 80.1 Å². The highest BCUT2D eigenvalue weighted by molar-refractivity contribution is 8.04. The van der Waals surface area contributed by atoms with Gasteiger partial charge in [0, 0.05) is 54.5 Å². The maximum Gasteiger partial charge on any atom is 0.100 e. The molecule has 0 saturated heterocycles. The molecule has 2 aliphatic heterocycles. The number of thiophene rings is 1. The first kappa shape index (κ1) is 17.2. The van der Waals surface area contributed by atoms with Crippen molar-refractivity contribution in [3.63, 3.8) is 0 Å². The van der Waals surface area contributed by atoms with Crippen LogP contribution in [0.3, 0.4) is 0 Å². The summed E-state index contributed by atoms with van der Waals surface area (Å²) in [5.41, 5.74) is 6.07. The first-order valence-corrected chi connectivity index (χ1v) is 12.5. The fourth-order valence-electron chi connectivity index (χ4n) is 5.10. The van der Waals surface area contributed by atoms with Crippen LogP contribution < -0.4 is 10.7 Å². The maximum atomic E-state index is 5.17. The van der Waals surface area contributed by atoms with Crippen LogP contribution in [-0.4, -0.2) is 9.97 Å². The first-order valence-electron chi connectivity index (χ1n) is 10.6. The molecule has 8 rings (SSSR count). The number of benzene rings is 4. The van der Waals surface area contributed by atoms with Gasteiger partial charge in [0.2, 0.25) is 0 Å². The van der Waals surface area contributed by atoms with E-state index >= 15 is 0 Å². The molecule has 0 atom stereocenters. The minimum atomic E-state index is 0.922. The van der Waals surface area contributed by atoms with E-state index in [0.717, 1.165) is 78.6 Å². The summed E-state index contributed by atoms with van der Waals surface area (Å²) in [4.78, 5) is 20.4. The van der Waals surface area contributed by atoms with Crippen LogP contribution in [0.4, 0.5) is 0 Å². The normalized spacial score (nSPS) is 16.0. The molecule has 0 radical (unpaired) electrons. The second-order valence-corrected chi connectivity index (χ2v) is 9.78. The minimum absolute atomic E-state index is 0.922. The van der Waals surface area contributed by atoms with Gasteiger partial charge in [0.05, 0.1) is 21.7 Å². The van der Waals surface area contributed by atoms with Gasteiger partial charge in [-0.05, 0) is 23.7 Å². The number of hydrogen-bond acceptors (Lipinski definition) is 6. The van der Waals surface area contributed by atoms with Gasteiger partial charge in [-0.1, -0.05) is 36.4 Å². The van der Waals surface area contributed by atoms with Crippen LogP contribution in [0.15, 0.2) is 79.4 Å². The Balaban J connectivity index is 1.75. The van der Waals surface area contributed by atoms with Crippen LogP contribution in [0, 0.1) is 0 Å². The van der Waals surface area contributed by atoms with Crippen LogP contribution in [0.2, 0.25) is 0 Å². The molecule has 2 aromatic heterocycles.